The van der Waals surface area contributed by atoms with Crippen LogP contribution in [0.5, 0.6) is 0 Å². The maximum atomic E-state index is 13.1. The van der Waals surface area contributed by atoms with Gasteiger partial charge in [0.25, 0.3) is 5.91 Å². The fourth-order valence-electron chi connectivity index (χ4n) is 4.44. The van der Waals surface area contributed by atoms with Crippen molar-refractivity contribution in [1.29, 1.82) is 0 Å². The lowest BCUT2D eigenvalue weighted by molar-refractivity contribution is -0.133. The van der Waals surface area contributed by atoms with Gasteiger partial charge in [-0.3, -0.25) is 14.5 Å². The molecule has 2 aliphatic rings. The highest BCUT2D eigenvalue weighted by Crippen LogP contribution is 2.38. The number of carbonyl (C=O) groups excluding carboxylic acids is 4. The van der Waals surface area contributed by atoms with Crippen LogP contribution < -0.4 is 10.6 Å². The summed E-state index contributed by atoms with van der Waals surface area (Å²) in [7, 11) is 1.31. The predicted octanol–water partition coefficient (Wildman–Crippen LogP) is 3.13. The second-order valence-electron chi connectivity index (χ2n) is 8.22. The standard InChI is InChI=1S/C23H25N3O5S/c1-13-8-4-6-10-15(13)23(2)21(29)26(22(30)25-23)12-17(27)24-19-18(20(28)31-3)14-9-5-7-11-16(14)32-19/h4,6,8,10H,5,7,9,11-12H2,1-3H3,(H,24,27)(H,25,30). The van der Waals surface area contributed by atoms with Gasteiger partial charge in [-0.2, -0.15) is 0 Å². The van der Waals surface area contributed by atoms with Crippen LogP contribution in [0.1, 0.15) is 51.7 Å². The maximum Gasteiger partial charge on any atom is 0.341 e. The van der Waals surface area contributed by atoms with Gasteiger partial charge < -0.3 is 15.4 Å². The molecule has 1 aromatic heterocycles. The molecule has 2 aromatic rings. The average molecular weight is 456 g/mol. The molecular formula is C23H25N3O5S. The summed E-state index contributed by atoms with van der Waals surface area (Å²) in [6.07, 6.45) is 3.61. The molecule has 1 aromatic carbocycles. The van der Waals surface area contributed by atoms with Crippen molar-refractivity contribution in [2.75, 3.05) is 19.0 Å². The molecule has 0 saturated carbocycles. The first kappa shape index (κ1) is 22.0. The van der Waals surface area contributed by atoms with Gasteiger partial charge in [-0.25, -0.2) is 9.59 Å². The van der Waals surface area contributed by atoms with Crippen LogP contribution in [0.3, 0.4) is 0 Å². The average Bonchev–Trinajstić information content (AvgIpc) is 3.23. The third kappa shape index (κ3) is 3.66. The van der Waals surface area contributed by atoms with E-state index < -0.39 is 35.9 Å². The van der Waals surface area contributed by atoms with Gasteiger partial charge in [0, 0.05) is 4.88 Å². The van der Waals surface area contributed by atoms with Gasteiger partial charge in [0.15, 0.2) is 0 Å². The molecule has 2 N–H and O–H groups in total. The van der Waals surface area contributed by atoms with Crippen molar-refractivity contribution < 1.29 is 23.9 Å². The maximum absolute atomic E-state index is 13.1. The topological polar surface area (TPSA) is 105 Å². The van der Waals surface area contributed by atoms with E-state index in [2.05, 4.69) is 10.6 Å². The van der Waals surface area contributed by atoms with Crippen molar-refractivity contribution in [3.05, 3.63) is 51.4 Å². The molecule has 1 aliphatic carbocycles. The van der Waals surface area contributed by atoms with Crippen LogP contribution in [0.4, 0.5) is 9.80 Å². The van der Waals surface area contributed by atoms with E-state index in [1.54, 1.807) is 19.1 Å². The third-order valence-corrected chi connectivity index (χ3v) is 7.28. The van der Waals surface area contributed by atoms with Crippen molar-refractivity contribution in [2.24, 2.45) is 0 Å². The second kappa shape index (κ2) is 8.38. The molecule has 0 spiro atoms. The lowest BCUT2D eigenvalue weighted by Crippen LogP contribution is -2.42. The van der Waals surface area contributed by atoms with Crippen molar-refractivity contribution >= 4 is 40.2 Å². The van der Waals surface area contributed by atoms with E-state index >= 15 is 0 Å². The summed E-state index contributed by atoms with van der Waals surface area (Å²) in [6, 6.07) is 6.68. The largest absolute Gasteiger partial charge is 0.465 e. The van der Waals surface area contributed by atoms with Crippen LogP contribution in [0, 0.1) is 6.92 Å². The lowest BCUT2D eigenvalue weighted by Gasteiger charge is -2.24. The molecule has 1 atom stereocenters. The molecule has 4 rings (SSSR count). The summed E-state index contributed by atoms with van der Waals surface area (Å²) in [6.45, 7) is 3.05. The molecule has 1 aliphatic heterocycles. The van der Waals surface area contributed by atoms with Crippen LogP contribution >= 0.6 is 11.3 Å². The van der Waals surface area contributed by atoms with E-state index in [0.717, 1.165) is 46.6 Å². The van der Waals surface area contributed by atoms with Crippen molar-refractivity contribution in [3.8, 4) is 0 Å². The molecule has 1 unspecified atom stereocenters. The Kier molecular flexibility index (Phi) is 5.77. The van der Waals surface area contributed by atoms with Gasteiger partial charge in [-0.1, -0.05) is 24.3 Å². The number of aryl methyl sites for hydroxylation is 2. The number of anilines is 1. The number of esters is 1. The van der Waals surface area contributed by atoms with E-state index in [1.807, 2.05) is 19.1 Å². The molecule has 8 nitrogen and oxygen atoms in total. The summed E-state index contributed by atoms with van der Waals surface area (Å²) < 4.78 is 4.93. The highest BCUT2D eigenvalue weighted by atomic mass is 32.1. The Morgan fingerprint density at radius 3 is 2.66 bits per heavy atom. The number of urea groups is 1. The van der Waals surface area contributed by atoms with Crippen molar-refractivity contribution in [3.63, 3.8) is 0 Å². The van der Waals surface area contributed by atoms with Crippen molar-refractivity contribution in [2.45, 2.75) is 45.1 Å². The highest BCUT2D eigenvalue weighted by Gasteiger charge is 2.50. The van der Waals surface area contributed by atoms with Crippen LogP contribution in [-0.4, -0.2) is 42.4 Å². The molecule has 9 heteroatoms. The smallest absolute Gasteiger partial charge is 0.341 e. The van der Waals surface area contributed by atoms with Crippen molar-refractivity contribution in [1.82, 2.24) is 10.2 Å². The lowest BCUT2D eigenvalue weighted by atomic mass is 9.88. The summed E-state index contributed by atoms with van der Waals surface area (Å²) >= 11 is 1.36. The highest BCUT2D eigenvalue weighted by molar-refractivity contribution is 7.17. The number of benzene rings is 1. The van der Waals surface area contributed by atoms with Crippen LogP contribution in [0.2, 0.25) is 0 Å². The first-order chi connectivity index (χ1) is 15.3. The fraction of sp³-hybridized carbons (Fsp3) is 0.391. The van der Waals surface area contributed by atoms with Crippen LogP contribution in [-0.2, 0) is 32.7 Å². The molecular weight excluding hydrogens is 430 g/mol. The van der Waals surface area contributed by atoms with E-state index in [4.69, 9.17) is 4.74 Å². The number of fused-ring (bicyclic) bond motifs is 1. The number of hydrogen-bond acceptors (Lipinski definition) is 6. The number of nitrogens with one attached hydrogen (secondary N) is 2. The van der Waals surface area contributed by atoms with Crippen LogP contribution in [0.15, 0.2) is 24.3 Å². The quantitative estimate of drug-likeness (QED) is 0.532. The Labute approximate surface area is 189 Å². The minimum absolute atomic E-state index is 0.377. The number of rotatable bonds is 5. The Hall–Kier alpha value is -3.20. The van der Waals surface area contributed by atoms with Gasteiger partial charge in [0.05, 0.1) is 12.7 Å². The van der Waals surface area contributed by atoms with Gasteiger partial charge in [-0.05, 0) is 56.2 Å². The predicted molar refractivity (Wildman–Crippen MR) is 120 cm³/mol. The van der Waals surface area contributed by atoms with E-state index in [0.29, 0.717) is 16.1 Å². The summed E-state index contributed by atoms with van der Waals surface area (Å²) in [5.74, 6) is -1.54. The summed E-state index contributed by atoms with van der Waals surface area (Å²) in [5.41, 5.74) is 1.59. The number of hydrogen-bond donors (Lipinski definition) is 2. The molecule has 4 amide bonds. The van der Waals surface area contributed by atoms with Gasteiger partial charge in [-0.15, -0.1) is 11.3 Å². The van der Waals surface area contributed by atoms with E-state index in [1.165, 1.54) is 18.4 Å². The van der Waals surface area contributed by atoms with Gasteiger partial charge in [0.2, 0.25) is 5.91 Å². The third-order valence-electron chi connectivity index (χ3n) is 6.07. The first-order valence-corrected chi connectivity index (χ1v) is 11.3. The Balaban J connectivity index is 1.55. The number of thiophene rings is 1. The minimum atomic E-state index is -1.25. The zero-order valence-electron chi connectivity index (χ0n) is 18.2. The molecule has 32 heavy (non-hydrogen) atoms. The molecule has 2 heterocycles. The fourth-order valence-corrected chi connectivity index (χ4v) is 5.73. The van der Waals surface area contributed by atoms with Gasteiger partial charge >= 0.3 is 12.0 Å². The Morgan fingerprint density at radius 1 is 1.22 bits per heavy atom. The molecule has 0 radical (unpaired) electrons. The minimum Gasteiger partial charge on any atom is -0.465 e. The molecule has 1 fully saturated rings. The first-order valence-electron chi connectivity index (χ1n) is 10.5. The Bertz CT molecular complexity index is 1120. The van der Waals surface area contributed by atoms with Crippen LogP contribution in [0.25, 0.3) is 0 Å². The molecule has 168 valence electrons. The number of imide groups is 1. The number of nitrogens with zero attached hydrogens (tertiary/aromatic N) is 1. The number of methoxy groups -OCH3 is 1. The SMILES string of the molecule is COC(=O)c1c(NC(=O)CN2C(=O)NC(C)(c3ccccc3C)C2=O)sc2c1CCCC2. The zero-order valence-corrected chi connectivity index (χ0v) is 19.1. The molecule has 1 saturated heterocycles. The van der Waals surface area contributed by atoms with E-state index in [-0.39, 0.29) is 0 Å². The van der Waals surface area contributed by atoms with E-state index in [9.17, 15) is 19.2 Å². The summed E-state index contributed by atoms with van der Waals surface area (Å²) in [5, 5.41) is 5.86. The number of amides is 4. The zero-order chi connectivity index (χ0) is 23.0. The number of carbonyl (C=O) groups is 4. The second-order valence-corrected chi connectivity index (χ2v) is 9.32. The molecule has 0 bridgehead atoms. The monoisotopic (exact) mass is 455 g/mol. The summed E-state index contributed by atoms with van der Waals surface area (Å²) in [4.78, 5) is 52.9. The Morgan fingerprint density at radius 2 is 1.94 bits per heavy atom. The normalized spacial score (nSPS) is 20.0. The van der Waals surface area contributed by atoms with Gasteiger partial charge in [0.1, 0.15) is 17.1 Å². The number of ether oxygens (including phenoxy) is 1.